The zero-order valence-electron chi connectivity index (χ0n) is 15.4. The van der Waals surface area contributed by atoms with Crippen LogP contribution in [0, 0.1) is 12.7 Å². The molecule has 3 rings (SSSR count). The summed E-state index contributed by atoms with van der Waals surface area (Å²) in [4.78, 5) is 21.0. The summed E-state index contributed by atoms with van der Waals surface area (Å²) >= 11 is 5.75. The number of nitrogens with zero attached hydrogens (tertiary/aromatic N) is 2. The minimum absolute atomic E-state index is 0.0448. The van der Waals surface area contributed by atoms with Gasteiger partial charge in [0.15, 0.2) is 0 Å². The largest absolute Gasteiger partial charge is 0.373 e. The van der Waals surface area contributed by atoms with Crippen LogP contribution in [0.25, 0.3) is 0 Å². The molecule has 0 radical (unpaired) electrons. The summed E-state index contributed by atoms with van der Waals surface area (Å²) < 4.78 is 13.2. The summed E-state index contributed by atoms with van der Waals surface area (Å²) in [7, 11) is 1.83. The van der Waals surface area contributed by atoms with Crippen LogP contribution in [0.5, 0.6) is 0 Å². The molecule has 0 atom stereocenters. The third-order valence-electron chi connectivity index (χ3n) is 4.69. The summed E-state index contributed by atoms with van der Waals surface area (Å²) in [6.07, 6.45) is 3.57. The van der Waals surface area contributed by atoms with E-state index in [9.17, 15) is 9.18 Å². The van der Waals surface area contributed by atoms with E-state index in [1.54, 1.807) is 0 Å². The molecule has 27 heavy (non-hydrogen) atoms. The summed E-state index contributed by atoms with van der Waals surface area (Å²) in [5.74, 6) is 1.55. The number of halogens is 2. The molecule has 1 aromatic heterocycles. The number of aromatic nitrogens is 2. The molecule has 144 valence electrons. The van der Waals surface area contributed by atoms with Gasteiger partial charge in [-0.3, -0.25) is 4.79 Å². The van der Waals surface area contributed by atoms with Gasteiger partial charge in [0.05, 0.1) is 5.02 Å². The maximum absolute atomic E-state index is 13.2. The first-order valence-electron chi connectivity index (χ1n) is 9.00. The molecule has 6 nitrogen and oxygen atoms in total. The Morgan fingerprint density at radius 2 is 1.78 bits per heavy atom. The van der Waals surface area contributed by atoms with Crippen LogP contribution in [0.4, 0.5) is 16.0 Å². The molecule has 1 saturated carbocycles. The molecule has 1 aromatic carbocycles. The van der Waals surface area contributed by atoms with Gasteiger partial charge in [-0.15, -0.1) is 0 Å². The summed E-state index contributed by atoms with van der Waals surface area (Å²) in [6, 6.07) is 6.30. The minimum Gasteiger partial charge on any atom is -0.373 e. The number of hydrogen-bond acceptors (Lipinski definition) is 5. The fraction of sp³-hybridized carbons (Fsp3) is 0.421. The molecule has 8 heteroatoms. The molecule has 2 aromatic rings. The van der Waals surface area contributed by atoms with Gasteiger partial charge >= 0.3 is 0 Å². The molecule has 1 heterocycles. The molecule has 0 saturated heterocycles. The van der Waals surface area contributed by atoms with E-state index in [0.29, 0.717) is 17.4 Å². The Bertz CT molecular complexity index is 824. The van der Waals surface area contributed by atoms with Crippen molar-refractivity contribution < 1.29 is 9.18 Å². The maximum atomic E-state index is 13.2. The SMILES string of the molecule is CNc1cc(N[C@H]2CC[C@@H](NC(=O)c3ccc(F)c(Cl)c3)CC2)nc(C)n1. The van der Waals surface area contributed by atoms with Crippen LogP contribution in [-0.2, 0) is 0 Å². The van der Waals surface area contributed by atoms with Gasteiger partial charge in [-0.1, -0.05) is 11.6 Å². The lowest BCUT2D eigenvalue weighted by Gasteiger charge is -2.30. The Morgan fingerprint density at radius 1 is 1.11 bits per heavy atom. The maximum Gasteiger partial charge on any atom is 0.251 e. The lowest BCUT2D eigenvalue weighted by atomic mass is 9.91. The van der Waals surface area contributed by atoms with E-state index < -0.39 is 5.82 Å². The standard InChI is InChI=1S/C19H23ClFN5O/c1-11-23-17(22-2)10-18(24-11)25-13-4-6-14(7-5-13)26-19(27)12-3-8-16(21)15(20)9-12/h3,8-10,13-14H,4-7H2,1-2H3,(H,26,27)(H2,22,23,24,25)/t13-,14+. The molecule has 1 fully saturated rings. The van der Waals surface area contributed by atoms with E-state index in [-0.39, 0.29) is 17.0 Å². The monoisotopic (exact) mass is 391 g/mol. The predicted octanol–water partition coefficient (Wildman–Crippen LogP) is 3.77. The number of carbonyl (C=O) groups is 1. The smallest absolute Gasteiger partial charge is 0.251 e. The highest BCUT2D eigenvalue weighted by atomic mass is 35.5. The van der Waals surface area contributed by atoms with Crippen molar-refractivity contribution >= 4 is 29.1 Å². The molecule has 0 spiro atoms. The van der Waals surface area contributed by atoms with Gasteiger partial charge in [0, 0.05) is 30.8 Å². The van der Waals surface area contributed by atoms with Crippen LogP contribution in [0.1, 0.15) is 41.9 Å². The van der Waals surface area contributed by atoms with Gasteiger partial charge in [-0.25, -0.2) is 14.4 Å². The van der Waals surface area contributed by atoms with Gasteiger partial charge < -0.3 is 16.0 Å². The summed E-state index contributed by atoms with van der Waals surface area (Å²) in [5.41, 5.74) is 0.373. The highest BCUT2D eigenvalue weighted by molar-refractivity contribution is 6.31. The van der Waals surface area contributed by atoms with Gasteiger partial charge in [-0.05, 0) is 50.8 Å². The third kappa shape index (κ3) is 5.07. The second-order valence-corrected chi connectivity index (χ2v) is 7.14. The Morgan fingerprint density at radius 3 is 2.44 bits per heavy atom. The van der Waals surface area contributed by atoms with Crippen LogP contribution in [0.15, 0.2) is 24.3 Å². The van der Waals surface area contributed by atoms with Gasteiger partial charge in [0.25, 0.3) is 5.91 Å². The molecular weight excluding hydrogens is 369 g/mol. The van der Waals surface area contributed by atoms with Crippen molar-refractivity contribution in [3.63, 3.8) is 0 Å². The summed E-state index contributed by atoms with van der Waals surface area (Å²) in [6.45, 7) is 1.86. The second-order valence-electron chi connectivity index (χ2n) is 6.73. The number of anilines is 2. The van der Waals surface area contributed by atoms with Crippen molar-refractivity contribution in [1.29, 1.82) is 0 Å². The first-order valence-corrected chi connectivity index (χ1v) is 9.38. The molecule has 1 amide bonds. The quantitative estimate of drug-likeness (QED) is 0.723. The molecular formula is C19H23ClFN5O. The Kier molecular flexibility index (Phi) is 6.11. The van der Waals surface area contributed by atoms with Gasteiger partial charge in [0.1, 0.15) is 23.3 Å². The zero-order chi connectivity index (χ0) is 19.4. The number of benzene rings is 1. The number of nitrogens with one attached hydrogen (secondary N) is 3. The van der Waals surface area contributed by atoms with E-state index in [1.165, 1.54) is 18.2 Å². The van der Waals surface area contributed by atoms with E-state index >= 15 is 0 Å². The Balaban J connectivity index is 1.52. The second kappa shape index (κ2) is 8.52. The lowest BCUT2D eigenvalue weighted by Crippen LogP contribution is -2.40. The third-order valence-corrected chi connectivity index (χ3v) is 4.98. The van der Waals surface area contributed by atoms with Gasteiger partial charge in [-0.2, -0.15) is 0 Å². The summed E-state index contributed by atoms with van der Waals surface area (Å²) in [5, 5.41) is 9.44. The normalized spacial score (nSPS) is 19.4. The number of amides is 1. The van der Waals surface area contributed by atoms with Gasteiger partial charge in [0.2, 0.25) is 0 Å². The number of carbonyl (C=O) groups excluding carboxylic acids is 1. The predicted molar refractivity (Wildman–Crippen MR) is 105 cm³/mol. The van der Waals surface area contributed by atoms with Crippen molar-refractivity contribution in [3.8, 4) is 0 Å². The average molecular weight is 392 g/mol. The molecule has 0 aliphatic heterocycles. The van der Waals surface area contributed by atoms with Crippen LogP contribution in [0.3, 0.4) is 0 Å². The first kappa shape index (κ1) is 19.4. The number of rotatable bonds is 5. The number of hydrogen-bond donors (Lipinski definition) is 3. The van der Waals surface area contributed by atoms with E-state index in [0.717, 1.165) is 37.3 Å². The number of aryl methyl sites for hydroxylation is 1. The zero-order valence-corrected chi connectivity index (χ0v) is 16.1. The molecule has 1 aliphatic carbocycles. The topological polar surface area (TPSA) is 78.9 Å². The fourth-order valence-corrected chi connectivity index (χ4v) is 3.45. The van der Waals surface area contributed by atoms with E-state index in [4.69, 9.17) is 11.6 Å². The van der Waals surface area contributed by atoms with E-state index in [2.05, 4.69) is 25.9 Å². The van der Waals surface area contributed by atoms with Crippen LogP contribution in [0.2, 0.25) is 5.02 Å². The molecule has 0 unspecified atom stereocenters. The van der Waals surface area contributed by atoms with E-state index in [1.807, 2.05) is 20.0 Å². The molecule has 0 bridgehead atoms. The Labute approximate surface area is 162 Å². The minimum atomic E-state index is -0.527. The van der Waals surface area contributed by atoms with Crippen molar-refractivity contribution in [2.75, 3.05) is 17.7 Å². The van der Waals surface area contributed by atoms with Crippen LogP contribution in [-0.4, -0.2) is 35.0 Å². The Hall–Kier alpha value is -2.41. The van der Waals surface area contributed by atoms with Crippen molar-refractivity contribution in [2.24, 2.45) is 0 Å². The average Bonchev–Trinajstić information content (AvgIpc) is 2.65. The van der Waals surface area contributed by atoms with Crippen LogP contribution >= 0.6 is 11.6 Å². The highest BCUT2D eigenvalue weighted by Gasteiger charge is 2.23. The first-order chi connectivity index (χ1) is 12.9. The fourth-order valence-electron chi connectivity index (χ4n) is 3.27. The van der Waals surface area contributed by atoms with Crippen molar-refractivity contribution in [3.05, 3.63) is 46.5 Å². The highest BCUT2D eigenvalue weighted by Crippen LogP contribution is 2.23. The van der Waals surface area contributed by atoms with Crippen molar-refractivity contribution in [1.82, 2.24) is 15.3 Å². The lowest BCUT2D eigenvalue weighted by molar-refractivity contribution is 0.0926. The molecule has 1 aliphatic rings. The van der Waals surface area contributed by atoms with Crippen LogP contribution < -0.4 is 16.0 Å². The van der Waals surface area contributed by atoms with Crippen molar-refractivity contribution in [2.45, 2.75) is 44.7 Å². The molecule has 3 N–H and O–H groups in total.